The molecule has 2 unspecified atom stereocenters. The molecule has 0 aliphatic heterocycles. The third kappa shape index (κ3) is 4.17. The molecular formula is C7H10NaO7. The van der Waals surface area contributed by atoms with Gasteiger partial charge >= 0.3 is 17.9 Å². The van der Waals surface area contributed by atoms with Crippen molar-refractivity contribution in [3.05, 3.63) is 0 Å². The molecular weight excluding hydrogens is 219 g/mol. The monoisotopic (exact) mass is 229 g/mol. The number of carboxylic acid groups (broad SMARTS) is 3. The van der Waals surface area contributed by atoms with Gasteiger partial charge in [0.1, 0.15) is 0 Å². The van der Waals surface area contributed by atoms with Gasteiger partial charge in [-0.25, -0.2) is 4.79 Å². The van der Waals surface area contributed by atoms with Crippen molar-refractivity contribution in [1.29, 1.82) is 0 Å². The van der Waals surface area contributed by atoms with Crippen molar-refractivity contribution >= 4 is 47.5 Å². The van der Waals surface area contributed by atoms with Gasteiger partial charge in [0, 0.05) is 29.6 Å². The maximum absolute atomic E-state index is 10.5. The van der Waals surface area contributed by atoms with Gasteiger partial charge in [0.25, 0.3) is 0 Å². The predicted molar refractivity (Wildman–Crippen MR) is 47.4 cm³/mol. The van der Waals surface area contributed by atoms with Gasteiger partial charge < -0.3 is 20.4 Å². The molecule has 0 aromatic rings. The molecule has 0 saturated heterocycles. The van der Waals surface area contributed by atoms with E-state index in [0.29, 0.717) is 0 Å². The minimum absolute atomic E-state index is 0. The minimum atomic E-state index is -2.78. The van der Waals surface area contributed by atoms with E-state index in [-0.39, 0.29) is 29.6 Å². The van der Waals surface area contributed by atoms with Gasteiger partial charge in [-0.05, 0) is 6.92 Å². The Hall–Kier alpha value is -0.630. The van der Waals surface area contributed by atoms with E-state index in [1.807, 2.05) is 0 Å². The Balaban J connectivity index is 0. The summed E-state index contributed by atoms with van der Waals surface area (Å²) in [6.07, 6.45) is -1.16. The van der Waals surface area contributed by atoms with Crippen molar-refractivity contribution in [3.63, 3.8) is 0 Å². The molecule has 2 atom stereocenters. The summed E-state index contributed by atoms with van der Waals surface area (Å²) in [5.74, 6) is -6.72. The zero-order chi connectivity index (χ0) is 11.5. The Morgan fingerprint density at radius 1 is 1.20 bits per heavy atom. The zero-order valence-corrected chi connectivity index (χ0v) is 10.3. The van der Waals surface area contributed by atoms with E-state index < -0.39 is 35.8 Å². The number of carbonyl (C=O) groups is 3. The number of aliphatic hydroxyl groups is 1. The first-order valence-electron chi connectivity index (χ1n) is 3.62. The Kier molecular flexibility index (Phi) is 6.78. The second-order valence-corrected chi connectivity index (χ2v) is 2.86. The molecule has 8 heteroatoms. The molecule has 0 aromatic carbocycles. The van der Waals surface area contributed by atoms with Gasteiger partial charge in [-0.3, -0.25) is 9.59 Å². The summed E-state index contributed by atoms with van der Waals surface area (Å²) >= 11 is 0. The van der Waals surface area contributed by atoms with Crippen LogP contribution in [0.3, 0.4) is 0 Å². The Morgan fingerprint density at radius 2 is 1.60 bits per heavy atom. The molecule has 0 amide bonds. The number of aliphatic carboxylic acids is 3. The molecule has 81 valence electrons. The number of hydrogen-bond acceptors (Lipinski definition) is 4. The summed E-state index contributed by atoms with van der Waals surface area (Å²) in [4.78, 5) is 31.2. The second kappa shape index (κ2) is 6.06. The molecule has 0 heterocycles. The molecule has 15 heavy (non-hydrogen) atoms. The summed E-state index contributed by atoms with van der Waals surface area (Å²) in [6, 6.07) is 0. The van der Waals surface area contributed by atoms with Crippen LogP contribution in [-0.2, 0) is 14.4 Å². The number of carboxylic acids is 3. The van der Waals surface area contributed by atoms with Crippen LogP contribution in [-0.4, -0.2) is 73.5 Å². The maximum atomic E-state index is 10.5. The van der Waals surface area contributed by atoms with Crippen molar-refractivity contribution in [1.82, 2.24) is 0 Å². The van der Waals surface area contributed by atoms with E-state index in [2.05, 4.69) is 0 Å². The van der Waals surface area contributed by atoms with E-state index in [1.54, 1.807) is 0 Å². The van der Waals surface area contributed by atoms with Crippen LogP contribution >= 0.6 is 0 Å². The quantitative estimate of drug-likeness (QED) is 0.427. The van der Waals surface area contributed by atoms with Crippen molar-refractivity contribution in [2.75, 3.05) is 0 Å². The fourth-order valence-corrected chi connectivity index (χ4v) is 0.849. The van der Waals surface area contributed by atoms with Crippen LogP contribution in [0.4, 0.5) is 0 Å². The molecule has 0 aliphatic rings. The van der Waals surface area contributed by atoms with Crippen molar-refractivity contribution in [3.8, 4) is 0 Å². The molecule has 0 fully saturated rings. The third-order valence-corrected chi connectivity index (χ3v) is 1.88. The smallest absolute Gasteiger partial charge is 0.337 e. The van der Waals surface area contributed by atoms with Crippen LogP contribution in [0.2, 0.25) is 0 Å². The van der Waals surface area contributed by atoms with Gasteiger partial charge in [0.2, 0.25) is 0 Å². The Labute approximate surface area is 107 Å². The standard InChI is InChI=1S/C7H10O7.Na/c1-3(5(10)11)7(14,6(12)13)2-4(8)9;/h3,14H,2H2,1H3,(H,8,9)(H,10,11)(H,12,13);. The topological polar surface area (TPSA) is 132 Å². The first-order chi connectivity index (χ1) is 6.21. The molecule has 7 nitrogen and oxygen atoms in total. The Morgan fingerprint density at radius 3 is 1.80 bits per heavy atom. The molecule has 0 saturated carbocycles. The van der Waals surface area contributed by atoms with Crippen LogP contribution in [0.15, 0.2) is 0 Å². The molecule has 0 spiro atoms. The fraction of sp³-hybridized carbons (Fsp3) is 0.571. The summed E-state index contributed by atoms with van der Waals surface area (Å²) in [5.41, 5.74) is -2.78. The molecule has 0 aromatic heterocycles. The maximum Gasteiger partial charge on any atom is 0.337 e. The first kappa shape index (κ1) is 16.8. The Bertz CT molecular complexity index is 277. The average molecular weight is 229 g/mol. The first-order valence-corrected chi connectivity index (χ1v) is 3.62. The van der Waals surface area contributed by atoms with Crippen molar-refractivity contribution in [2.24, 2.45) is 5.92 Å². The van der Waals surface area contributed by atoms with E-state index in [9.17, 15) is 19.5 Å². The van der Waals surface area contributed by atoms with Gasteiger partial charge in [-0.1, -0.05) is 0 Å². The number of rotatable bonds is 5. The van der Waals surface area contributed by atoms with E-state index >= 15 is 0 Å². The summed E-state index contributed by atoms with van der Waals surface area (Å²) < 4.78 is 0. The zero-order valence-electron chi connectivity index (χ0n) is 8.30. The summed E-state index contributed by atoms with van der Waals surface area (Å²) in [7, 11) is 0. The molecule has 4 N–H and O–H groups in total. The van der Waals surface area contributed by atoms with Gasteiger partial charge in [0.15, 0.2) is 5.60 Å². The summed E-state index contributed by atoms with van der Waals surface area (Å²) in [6.45, 7) is 0.930. The van der Waals surface area contributed by atoms with Crippen LogP contribution in [0.25, 0.3) is 0 Å². The van der Waals surface area contributed by atoms with Gasteiger partial charge in [0.05, 0.1) is 12.3 Å². The largest absolute Gasteiger partial charge is 0.481 e. The fourth-order valence-electron chi connectivity index (χ4n) is 0.849. The third-order valence-electron chi connectivity index (χ3n) is 1.88. The van der Waals surface area contributed by atoms with Gasteiger partial charge in [-0.2, -0.15) is 0 Å². The SMILES string of the molecule is CC(C(=O)O)C(O)(CC(=O)O)C(=O)O.[Na]. The molecule has 1 radical (unpaired) electrons. The van der Waals surface area contributed by atoms with E-state index in [1.165, 1.54) is 0 Å². The van der Waals surface area contributed by atoms with Gasteiger partial charge in [-0.15, -0.1) is 0 Å². The minimum Gasteiger partial charge on any atom is -0.481 e. The predicted octanol–water partition coefficient (Wildman–Crippen LogP) is -1.38. The number of hydrogen-bond donors (Lipinski definition) is 4. The molecule has 0 aliphatic carbocycles. The van der Waals surface area contributed by atoms with Crippen molar-refractivity contribution < 1.29 is 34.8 Å². The van der Waals surface area contributed by atoms with Crippen LogP contribution < -0.4 is 0 Å². The van der Waals surface area contributed by atoms with Crippen molar-refractivity contribution in [2.45, 2.75) is 18.9 Å². The normalized spacial score (nSPS) is 15.6. The molecule has 0 bridgehead atoms. The second-order valence-electron chi connectivity index (χ2n) is 2.86. The van der Waals surface area contributed by atoms with E-state index in [0.717, 1.165) is 6.92 Å². The summed E-state index contributed by atoms with van der Waals surface area (Å²) in [5, 5.41) is 34.6. The van der Waals surface area contributed by atoms with Crippen LogP contribution in [0, 0.1) is 5.92 Å². The van der Waals surface area contributed by atoms with Crippen LogP contribution in [0.1, 0.15) is 13.3 Å². The van der Waals surface area contributed by atoms with E-state index in [4.69, 9.17) is 15.3 Å². The molecule has 0 rings (SSSR count). The average Bonchev–Trinajstić information content (AvgIpc) is 2.00. The van der Waals surface area contributed by atoms with Crippen LogP contribution in [0.5, 0.6) is 0 Å².